The van der Waals surface area contributed by atoms with E-state index in [-0.39, 0.29) is 0 Å². The first kappa shape index (κ1) is 13.5. The van der Waals surface area contributed by atoms with Crippen molar-refractivity contribution in [3.63, 3.8) is 0 Å². The number of amides is 1. The third-order valence-electron chi connectivity index (χ3n) is 2.43. The second kappa shape index (κ2) is 5.83. The molecule has 0 fully saturated rings. The van der Waals surface area contributed by atoms with Gasteiger partial charge in [-0.2, -0.15) is 0 Å². The Morgan fingerprint density at radius 1 is 0.895 bits per heavy atom. The van der Waals surface area contributed by atoms with Crippen LogP contribution in [0.4, 0.5) is 0 Å². The Morgan fingerprint density at radius 3 is 1.95 bits per heavy atom. The predicted octanol–water partition coefficient (Wildman–Crippen LogP) is 2.61. The molecule has 2 aromatic rings. The molecule has 19 heavy (non-hydrogen) atoms. The smallest absolute Gasteiger partial charge is 0.343 e. The molecule has 0 radical (unpaired) electrons. The zero-order valence-corrected chi connectivity index (χ0v) is 12.0. The molecule has 96 valence electrons. The second-order valence-electron chi connectivity index (χ2n) is 3.79. The SMILES string of the molecule is NC(=O)c1ccc(C(=O)Oc2ccc(I)cc2)cc1. The summed E-state index contributed by atoms with van der Waals surface area (Å²) in [6.07, 6.45) is 0. The third kappa shape index (κ3) is 3.54. The standard InChI is InChI=1S/C14H10INO3/c15-11-5-7-12(8-6-11)19-14(18)10-3-1-9(2-4-10)13(16)17/h1-8H,(H2,16,17). The van der Waals surface area contributed by atoms with Crippen molar-refractivity contribution in [2.24, 2.45) is 5.73 Å². The van der Waals surface area contributed by atoms with E-state index in [9.17, 15) is 9.59 Å². The van der Waals surface area contributed by atoms with Gasteiger partial charge in [-0.1, -0.05) is 0 Å². The van der Waals surface area contributed by atoms with E-state index in [1.807, 2.05) is 12.1 Å². The van der Waals surface area contributed by atoms with E-state index < -0.39 is 11.9 Å². The Labute approximate surface area is 123 Å². The number of primary amides is 1. The highest BCUT2D eigenvalue weighted by Crippen LogP contribution is 2.15. The number of carbonyl (C=O) groups excluding carboxylic acids is 2. The van der Waals surface area contributed by atoms with Crippen LogP contribution in [0, 0.1) is 3.57 Å². The molecule has 0 aliphatic heterocycles. The second-order valence-corrected chi connectivity index (χ2v) is 5.03. The quantitative estimate of drug-likeness (QED) is 0.515. The first-order valence-corrected chi connectivity index (χ1v) is 6.52. The maximum absolute atomic E-state index is 11.8. The van der Waals surface area contributed by atoms with Gasteiger partial charge >= 0.3 is 5.97 Å². The van der Waals surface area contributed by atoms with Crippen molar-refractivity contribution in [1.82, 2.24) is 0 Å². The molecule has 0 aliphatic carbocycles. The summed E-state index contributed by atoms with van der Waals surface area (Å²) < 4.78 is 6.26. The first-order valence-electron chi connectivity index (χ1n) is 5.44. The lowest BCUT2D eigenvalue weighted by Gasteiger charge is -2.04. The molecule has 0 aromatic heterocycles. The summed E-state index contributed by atoms with van der Waals surface area (Å²) in [6, 6.07) is 13.1. The predicted molar refractivity (Wildman–Crippen MR) is 79.1 cm³/mol. The molecule has 1 amide bonds. The molecule has 0 heterocycles. The van der Waals surface area contributed by atoms with Crippen LogP contribution in [-0.4, -0.2) is 11.9 Å². The highest BCUT2D eigenvalue weighted by molar-refractivity contribution is 14.1. The zero-order chi connectivity index (χ0) is 13.8. The van der Waals surface area contributed by atoms with Gasteiger partial charge in [0.25, 0.3) is 0 Å². The minimum Gasteiger partial charge on any atom is -0.423 e. The summed E-state index contributed by atoms with van der Waals surface area (Å²) in [5, 5.41) is 0. The Morgan fingerprint density at radius 2 is 1.42 bits per heavy atom. The minimum absolute atomic E-state index is 0.353. The molecule has 5 heteroatoms. The lowest BCUT2D eigenvalue weighted by atomic mass is 10.1. The molecule has 0 saturated carbocycles. The average molecular weight is 367 g/mol. The lowest BCUT2D eigenvalue weighted by molar-refractivity contribution is 0.0734. The molecule has 0 aliphatic rings. The van der Waals surface area contributed by atoms with Crippen molar-refractivity contribution in [2.45, 2.75) is 0 Å². The van der Waals surface area contributed by atoms with Crippen molar-refractivity contribution in [3.8, 4) is 5.75 Å². The van der Waals surface area contributed by atoms with Crippen LogP contribution < -0.4 is 10.5 Å². The Bertz CT molecular complexity index is 606. The summed E-state index contributed by atoms with van der Waals surface area (Å²) in [6.45, 7) is 0. The fourth-order valence-corrected chi connectivity index (χ4v) is 1.80. The van der Waals surface area contributed by atoms with Crippen LogP contribution in [0.25, 0.3) is 0 Å². The van der Waals surface area contributed by atoms with Crippen LogP contribution in [-0.2, 0) is 0 Å². The maximum Gasteiger partial charge on any atom is 0.343 e. The van der Waals surface area contributed by atoms with Gasteiger partial charge in [0.1, 0.15) is 5.75 Å². The minimum atomic E-state index is -0.530. The van der Waals surface area contributed by atoms with Gasteiger partial charge in [0.05, 0.1) is 5.56 Å². The molecule has 0 unspecified atom stereocenters. The van der Waals surface area contributed by atoms with Gasteiger partial charge in [0.15, 0.2) is 0 Å². The molecule has 4 nitrogen and oxygen atoms in total. The number of nitrogens with two attached hydrogens (primary N) is 1. The van der Waals surface area contributed by atoms with Gasteiger partial charge in [-0.25, -0.2) is 4.79 Å². The Hall–Kier alpha value is -1.89. The number of esters is 1. The zero-order valence-electron chi connectivity index (χ0n) is 9.80. The fourth-order valence-electron chi connectivity index (χ4n) is 1.44. The van der Waals surface area contributed by atoms with E-state index in [1.165, 1.54) is 24.3 Å². The van der Waals surface area contributed by atoms with Crippen LogP contribution in [0.15, 0.2) is 48.5 Å². The summed E-state index contributed by atoms with van der Waals surface area (Å²) in [4.78, 5) is 22.8. The Kier molecular flexibility index (Phi) is 4.16. The largest absolute Gasteiger partial charge is 0.423 e. The van der Waals surface area contributed by atoms with Crippen molar-refractivity contribution in [3.05, 3.63) is 63.2 Å². The van der Waals surface area contributed by atoms with E-state index in [4.69, 9.17) is 10.5 Å². The van der Waals surface area contributed by atoms with Crippen molar-refractivity contribution in [2.75, 3.05) is 0 Å². The van der Waals surface area contributed by atoms with Gasteiger partial charge in [-0.3, -0.25) is 4.79 Å². The third-order valence-corrected chi connectivity index (χ3v) is 3.15. The monoisotopic (exact) mass is 367 g/mol. The van der Waals surface area contributed by atoms with E-state index >= 15 is 0 Å². The summed E-state index contributed by atoms with van der Waals surface area (Å²) in [5.74, 6) is -0.529. The van der Waals surface area contributed by atoms with Crippen LogP contribution >= 0.6 is 22.6 Å². The van der Waals surface area contributed by atoms with Crippen molar-refractivity contribution in [1.29, 1.82) is 0 Å². The number of hydrogen-bond acceptors (Lipinski definition) is 3. The molecule has 0 bridgehead atoms. The number of benzene rings is 2. The fraction of sp³-hybridized carbons (Fsp3) is 0. The van der Waals surface area contributed by atoms with Crippen molar-refractivity contribution < 1.29 is 14.3 Å². The first-order chi connectivity index (χ1) is 9.06. The van der Waals surface area contributed by atoms with E-state index in [0.717, 1.165) is 3.57 Å². The number of hydrogen-bond donors (Lipinski definition) is 1. The highest BCUT2D eigenvalue weighted by atomic mass is 127. The number of ether oxygens (including phenoxy) is 1. The van der Waals surface area contributed by atoms with E-state index in [0.29, 0.717) is 16.9 Å². The van der Waals surface area contributed by atoms with Gasteiger partial charge in [-0.05, 0) is 71.1 Å². The average Bonchev–Trinajstić information content (AvgIpc) is 2.41. The molecular formula is C14H10INO3. The Balaban J connectivity index is 2.11. The topological polar surface area (TPSA) is 69.4 Å². The van der Waals surface area contributed by atoms with Crippen LogP contribution in [0.5, 0.6) is 5.75 Å². The van der Waals surface area contributed by atoms with Crippen LogP contribution in [0.2, 0.25) is 0 Å². The van der Waals surface area contributed by atoms with Gasteiger partial charge in [-0.15, -0.1) is 0 Å². The molecule has 2 rings (SSSR count). The summed E-state index contributed by atoms with van der Waals surface area (Å²) in [5.41, 5.74) is 5.84. The van der Waals surface area contributed by atoms with E-state index in [2.05, 4.69) is 22.6 Å². The van der Waals surface area contributed by atoms with Gasteiger partial charge in [0, 0.05) is 9.13 Å². The number of halogens is 1. The van der Waals surface area contributed by atoms with Crippen LogP contribution in [0.1, 0.15) is 20.7 Å². The van der Waals surface area contributed by atoms with Gasteiger partial charge in [0.2, 0.25) is 5.91 Å². The van der Waals surface area contributed by atoms with Crippen molar-refractivity contribution >= 4 is 34.5 Å². The van der Waals surface area contributed by atoms with Crippen LogP contribution in [0.3, 0.4) is 0 Å². The van der Waals surface area contributed by atoms with Gasteiger partial charge < -0.3 is 10.5 Å². The highest BCUT2D eigenvalue weighted by Gasteiger charge is 2.09. The molecule has 0 spiro atoms. The molecule has 0 atom stereocenters. The number of rotatable bonds is 3. The molecular weight excluding hydrogens is 357 g/mol. The summed E-state index contributed by atoms with van der Waals surface area (Å²) in [7, 11) is 0. The van der Waals surface area contributed by atoms with E-state index in [1.54, 1.807) is 12.1 Å². The normalized spacial score (nSPS) is 9.95. The lowest BCUT2D eigenvalue weighted by Crippen LogP contribution is -2.12. The molecule has 2 N–H and O–H groups in total. The summed E-state index contributed by atoms with van der Waals surface area (Å²) >= 11 is 2.17. The molecule has 0 saturated heterocycles. The number of carbonyl (C=O) groups is 2. The maximum atomic E-state index is 11.8. The molecule has 2 aromatic carbocycles.